The van der Waals surface area contributed by atoms with Crippen molar-refractivity contribution >= 4 is 44.6 Å². The Bertz CT molecular complexity index is 1090. The number of para-hydroxylation sites is 1. The summed E-state index contributed by atoms with van der Waals surface area (Å²) < 4.78 is 3.09. The molecule has 3 aromatic heterocycles. The van der Waals surface area contributed by atoms with Gasteiger partial charge in [-0.05, 0) is 49.9 Å². The molecule has 1 saturated carbocycles. The van der Waals surface area contributed by atoms with Crippen LogP contribution >= 0.6 is 22.7 Å². The maximum absolute atomic E-state index is 12.7. The maximum Gasteiger partial charge on any atom is 0.266 e. The van der Waals surface area contributed by atoms with Crippen LogP contribution in [0.5, 0.6) is 0 Å². The van der Waals surface area contributed by atoms with Crippen LogP contribution in [0, 0.1) is 5.92 Å². The van der Waals surface area contributed by atoms with Crippen LogP contribution in [0.1, 0.15) is 35.5 Å². The van der Waals surface area contributed by atoms with Crippen molar-refractivity contribution in [2.45, 2.75) is 25.8 Å². The third kappa shape index (κ3) is 3.17. The average molecular weight is 395 g/mol. The molecule has 5 rings (SSSR count). The van der Waals surface area contributed by atoms with Gasteiger partial charge in [-0.15, -0.1) is 22.7 Å². The minimum absolute atomic E-state index is 0.0999. The van der Waals surface area contributed by atoms with Gasteiger partial charge >= 0.3 is 0 Å². The standard InChI is InChI=1S/C20H18N4OS2/c1-12(13-6-7-13)24-18(10-11-21-24)23-19(25)16-8-9-17(26-16)20-22-14-4-2-3-5-15(14)27-20/h2-5,8-13H,6-7H2,1H3,(H,23,25). The SMILES string of the molecule is CC(C1CC1)n1nccc1NC(=O)c1ccc(-c2nc3ccccc3s2)s1. The Morgan fingerprint density at radius 2 is 2.04 bits per heavy atom. The van der Waals surface area contributed by atoms with Gasteiger partial charge in [0.25, 0.3) is 5.91 Å². The number of hydrogen-bond acceptors (Lipinski definition) is 5. The zero-order chi connectivity index (χ0) is 18.4. The molecule has 0 bridgehead atoms. The number of nitrogens with zero attached hydrogens (tertiary/aromatic N) is 3. The molecule has 0 saturated heterocycles. The fourth-order valence-corrected chi connectivity index (χ4v) is 5.17. The predicted octanol–water partition coefficient (Wildman–Crippen LogP) is 5.44. The minimum Gasteiger partial charge on any atom is -0.306 e. The number of carbonyl (C=O) groups is 1. The molecule has 27 heavy (non-hydrogen) atoms. The molecule has 0 spiro atoms. The second-order valence-corrected chi connectivity index (χ2v) is 8.96. The second kappa shape index (κ2) is 6.58. The van der Waals surface area contributed by atoms with Crippen LogP contribution in [-0.4, -0.2) is 20.7 Å². The molecule has 5 nitrogen and oxygen atoms in total. The van der Waals surface area contributed by atoms with Crippen molar-refractivity contribution in [2.75, 3.05) is 5.32 Å². The highest BCUT2D eigenvalue weighted by molar-refractivity contribution is 7.26. The summed E-state index contributed by atoms with van der Waals surface area (Å²) in [5.74, 6) is 1.33. The van der Waals surface area contributed by atoms with Gasteiger partial charge in [0.1, 0.15) is 10.8 Å². The van der Waals surface area contributed by atoms with Gasteiger partial charge in [0.2, 0.25) is 0 Å². The van der Waals surface area contributed by atoms with E-state index in [1.54, 1.807) is 17.5 Å². The Morgan fingerprint density at radius 1 is 1.19 bits per heavy atom. The molecule has 0 aliphatic heterocycles. The fourth-order valence-electron chi connectivity index (χ4n) is 3.25. The Hall–Kier alpha value is -2.51. The number of carbonyl (C=O) groups excluding carboxylic acids is 1. The first-order valence-electron chi connectivity index (χ1n) is 9.00. The molecule has 1 aromatic carbocycles. The molecule has 1 aliphatic rings. The van der Waals surface area contributed by atoms with Crippen molar-refractivity contribution in [2.24, 2.45) is 5.92 Å². The number of rotatable bonds is 5. The number of hydrogen-bond donors (Lipinski definition) is 1. The van der Waals surface area contributed by atoms with Gasteiger partial charge in [-0.2, -0.15) is 5.10 Å². The van der Waals surface area contributed by atoms with E-state index in [1.165, 1.54) is 24.2 Å². The average Bonchev–Trinajstić information content (AvgIpc) is 3.09. The summed E-state index contributed by atoms with van der Waals surface area (Å²) >= 11 is 3.12. The lowest BCUT2D eigenvalue weighted by Crippen LogP contribution is -2.17. The number of thiophene rings is 1. The molecular formula is C20H18N4OS2. The van der Waals surface area contributed by atoms with Gasteiger partial charge < -0.3 is 5.32 Å². The lowest BCUT2D eigenvalue weighted by molar-refractivity contribution is 0.102. The molecule has 3 heterocycles. The summed E-state index contributed by atoms with van der Waals surface area (Å²) in [6, 6.07) is 14.1. The first-order valence-corrected chi connectivity index (χ1v) is 10.6. The van der Waals surface area contributed by atoms with Gasteiger partial charge in [-0.25, -0.2) is 9.67 Å². The number of nitrogens with one attached hydrogen (secondary N) is 1. The van der Waals surface area contributed by atoms with E-state index in [0.29, 0.717) is 16.8 Å². The lowest BCUT2D eigenvalue weighted by Gasteiger charge is -2.15. The van der Waals surface area contributed by atoms with Crippen molar-refractivity contribution in [1.82, 2.24) is 14.8 Å². The molecule has 1 unspecified atom stereocenters. The van der Waals surface area contributed by atoms with E-state index in [4.69, 9.17) is 0 Å². The van der Waals surface area contributed by atoms with E-state index in [1.807, 2.05) is 41.1 Å². The third-order valence-electron chi connectivity index (χ3n) is 4.94. The topological polar surface area (TPSA) is 59.8 Å². The number of anilines is 1. The van der Waals surface area contributed by atoms with Crippen molar-refractivity contribution in [3.05, 3.63) is 53.5 Å². The van der Waals surface area contributed by atoms with Crippen LogP contribution in [0.3, 0.4) is 0 Å². The summed E-state index contributed by atoms with van der Waals surface area (Å²) in [7, 11) is 0. The quantitative estimate of drug-likeness (QED) is 0.490. The molecule has 1 atom stereocenters. The Labute approximate surface area is 164 Å². The van der Waals surface area contributed by atoms with Gasteiger partial charge in [-0.3, -0.25) is 4.79 Å². The van der Waals surface area contributed by atoms with Crippen LogP contribution in [-0.2, 0) is 0 Å². The number of aromatic nitrogens is 3. The fraction of sp³-hybridized carbons (Fsp3) is 0.250. The normalized spacial score (nSPS) is 15.1. The highest BCUT2D eigenvalue weighted by atomic mass is 32.1. The predicted molar refractivity (Wildman–Crippen MR) is 111 cm³/mol. The summed E-state index contributed by atoms with van der Waals surface area (Å²) in [4.78, 5) is 19.1. The van der Waals surface area contributed by atoms with E-state index in [0.717, 1.165) is 25.9 Å². The number of fused-ring (bicyclic) bond motifs is 1. The highest BCUT2D eigenvalue weighted by Crippen LogP contribution is 2.40. The largest absolute Gasteiger partial charge is 0.306 e. The van der Waals surface area contributed by atoms with E-state index >= 15 is 0 Å². The third-order valence-corrected chi connectivity index (χ3v) is 7.23. The summed E-state index contributed by atoms with van der Waals surface area (Å²) in [6.07, 6.45) is 4.23. The van der Waals surface area contributed by atoms with E-state index < -0.39 is 0 Å². The van der Waals surface area contributed by atoms with Gasteiger partial charge in [0, 0.05) is 6.07 Å². The maximum atomic E-state index is 12.7. The number of amides is 1. The molecule has 4 aromatic rings. The first-order chi connectivity index (χ1) is 13.2. The number of thiazole rings is 1. The van der Waals surface area contributed by atoms with E-state index in [-0.39, 0.29) is 5.91 Å². The number of benzene rings is 1. The Balaban J connectivity index is 1.37. The minimum atomic E-state index is -0.0999. The molecule has 136 valence electrons. The summed E-state index contributed by atoms with van der Waals surface area (Å²) in [5, 5.41) is 8.37. The molecule has 1 amide bonds. The van der Waals surface area contributed by atoms with Gasteiger partial charge in [0.05, 0.1) is 32.2 Å². The summed E-state index contributed by atoms with van der Waals surface area (Å²) in [5.41, 5.74) is 0.995. The highest BCUT2D eigenvalue weighted by Gasteiger charge is 2.30. The van der Waals surface area contributed by atoms with Crippen molar-refractivity contribution < 1.29 is 4.79 Å². The summed E-state index contributed by atoms with van der Waals surface area (Å²) in [6.45, 7) is 2.16. The Kier molecular flexibility index (Phi) is 4.06. The second-order valence-electron chi connectivity index (χ2n) is 6.84. The molecule has 1 aliphatic carbocycles. The van der Waals surface area contributed by atoms with Crippen molar-refractivity contribution in [1.29, 1.82) is 0 Å². The van der Waals surface area contributed by atoms with Crippen LogP contribution in [0.2, 0.25) is 0 Å². The molecule has 1 fully saturated rings. The Morgan fingerprint density at radius 3 is 2.85 bits per heavy atom. The first kappa shape index (κ1) is 16.6. The van der Waals surface area contributed by atoms with E-state index in [9.17, 15) is 4.79 Å². The molecule has 7 heteroatoms. The van der Waals surface area contributed by atoms with Crippen LogP contribution < -0.4 is 5.32 Å². The zero-order valence-electron chi connectivity index (χ0n) is 14.8. The monoisotopic (exact) mass is 394 g/mol. The van der Waals surface area contributed by atoms with E-state index in [2.05, 4.69) is 28.4 Å². The molecule has 0 radical (unpaired) electrons. The molecular weight excluding hydrogens is 376 g/mol. The molecule has 1 N–H and O–H groups in total. The van der Waals surface area contributed by atoms with Crippen LogP contribution in [0.25, 0.3) is 20.1 Å². The van der Waals surface area contributed by atoms with Crippen LogP contribution in [0.4, 0.5) is 5.82 Å². The van der Waals surface area contributed by atoms with Gasteiger partial charge in [0.15, 0.2) is 0 Å². The van der Waals surface area contributed by atoms with Crippen LogP contribution in [0.15, 0.2) is 48.7 Å². The van der Waals surface area contributed by atoms with Crippen molar-refractivity contribution in [3.8, 4) is 9.88 Å². The van der Waals surface area contributed by atoms with Gasteiger partial charge in [-0.1, -0.05) is 12.1 Å². The zero-order valence-corrected chi connectivity index (χ0v) is 16.4. The van der Waals surface area contributed by atoms with Crippen molar-refractivity contribution in [3.63, 3.8) is 0 Å². The smallest absolute Gasteiger partial charge is 0.266 e. The lowest BCUT2D eigenvalue weighted by atomic mass is 10.2.